The molecule has 2 aromatic carbocycles. The molecular formula is C16H17IN2O. The highest BCUT2D eigenvalue weighted by atomic mass is 127. The molecule has 0 bridgehead atoms. The Balaban J connectivity index is 1.95. The van der Waals surface area contributed by atoms with Crippen LogP contribution in [0.3, 0.4) is 0 Å². The van der Waals surface area contributed by atoms with Crippen LogP contribution >= 0.6 is 22.6 Å². The molecule has 0 saturated heterocycles. The molecule has 0 unspecified atom stereocenters. The third kappa shape index (κ3) is 4.23. The topological polar surface area (TPSA) is 41.1 Å². The van der Waals surface area contributed by atoms with E-state index in [0.29, 0.717) is 0 Å². The minimum absolute atomic E-state index is 0.0307. The number of carbonyl (C=O) groups excluding carboxylic acids is 1. The van der Waals surface area contributed by atoms with Crippen LogP contribution in [0.25, 0.3) is 0 Å². The van der Waals surface area contributed by atoms with Gasteiger partial charge in [-0.3, -0.25) is 0 Å². The number of urea groups is 1. The number of amides is 2. The van der Waals surface area contributed by atoms with Crippen LogP contribution in [-0.4, -0.2) is 6.03 Å². The summed E-state index contributed by atoms with van der Waals surface area (Å²) in [6.07, 6.45) is 0. The number of hydrogen-bond acceptors (Lipinski definition) is 1. The quantitative estimate of drug-likeness (QED) is 0.758. The number of benzene rings is 2. The van der Waals surface area contributed by atoms with Gasteiger partial charge in [-0.2, -0.15) is 0 Å². The van der Waals surface area contributed by atoms with Gasteiger partial charge >= 0.3 is 6.03 Å². The molecule has 20 heavy (non-hydrogen) atoms. The molecule has 0 saturated carbocycles. The van der Waals surface area contributed by atoms with Gasteiger partial charge in [0.15, 0.2) is 0 Å². The van der Waals surface area contributed by atoms with E-state index in [1.165, 1.54) is 3.57 Å². The normalized spacial score (nSPS) is 11.8. The molecule has 0 spiro atoms. The van der Waals surface area contributed by atoms with E-state index in [9.17, 15) is 4.79 Å². The molecular weight excluding hydrogens is 363 g/mol. The molecule has 0 heterocycles. The summed E-state index contributed by atoms with van der Waals surface area (Å²) in [5.74, 6) is 0. The van der Waals surface area contributed by atoms with Crippen molar-refractivity contribution in [1.29, 1.82) is 0 Å². The van der Waals surface area contributed by atoms with Crippen molar-refractivity contribution >= 4 is 34.3 Å². The molecule has 0 aliphatic rings. The van der Waals surface area contributed by atoms with Crippen LogP contribution in [0.1, 0.15) is 24.1 Å². The fourth-order valence-electron chi connectivity index (χ4n) is 1.92. The lowest BCUT2D eigenvalue weighted by Crippen LogP contribution is -2.31. The van der Waals surface area contributed by atoms with Crippen molar-refractivity contribution in [3.8, 4) is 0 Å². The SMILES string of the molecule is Cc1cccc(NC(=O)N[C@H](C)c2ccc(I)cc2)c1. The van der Waals surface area contributed by atoms with Gasteiger partial charge in [0.2, 0.25) is 0 Å². The highest BCUT2D eigenvalue weighted by Crippen LogP contribution is 2.15. The van der Waals surface area contributed by atoms with Gasteiger partial charge < -0.3 is 10.6 Å². The predicted octanol–water partition coefficient (Wildman–Crippen LogP) is 4.48. The van der Waals surface area contributed by atoms with Crippen molar-refractivity contribution in [2.24, 2.45) is 0 Å². The zero-order valence-electron chi connectivity index (χ0n) is 11.5. The Hall–Kier alpha value is -1.56. The minimum atomic E-state index is -0.193. The molecule has 2 N–H and O–H groups in total. The summed E-state index contributed by atoms with van der Waals surface area (Å²) in [6, 6.07) is 15.6. The number of anilines is 1. The Bertz CT molecular complexity index is 596. The Kier molecular flexibility index (Phi) is 5.00. The number of carbonyl (C=O) groups is 1. The Labute approximate surface area is 132 Å². The first kappa shape index (κ1) is 14.8. The number of nitrogens with one attached hydrogen (secondary N) is 2. The summed E-state index contributed by atoms with van der Waals surface area (Å²) in [5.41, 5.74) is 3.01. The highest BCUT2D eigenvalue weighted by Gasteiger charge is 2.09. The lowest BCUT2D eigenvalue weighted by molar-refractivity contribution is 0.249. The van der Waals surface area contributed by atoms with Gasteiger partial charge in [-0.25, -0.2) is 4.79 Å². The summed E-state index contributed by atoms with van der Waals surface area (Å²) in [5, 5.41) is 5.77. The van der Waals surface area contributed by atoms with Crippen LogP contribution in [0.5, 0.6) is 0 Å². The van der Waals surface area contributed by atoms with Crippen molar-refractivity contribution in [2.45, 2.75) is 19.9 Å². The third-order valence-electron chi connectivity index (χ3n) is 2.99. The smallest absolute Gasteiger partial charge is 0.319 e. The van der Waals surface area contributed by atoms with Crippen LogP contribution in [-0.2, 0) is 0 Å². The van der Waals surface area contributed by atoms with Crippen molar-refractivity contribution in [3.05, 3.63) is 63.2 Å². The van der Waals surface area contributed by atoms with E-state index in [-0.39, 0.29) is 12.1 Å². The molecule has 0 aromatic heterocycles. The monoisotopic (exact) mass is 380 g/mol. The fraction of sp³-hybridized carbons (Fsp3) is 0.188. The molecule has 0 radical (unpaired) electrons. The Morgan fingerprint density at radius 2 is 1.85 bits per heavy atom. The van der Waals surface area contributed by atoms with E-state index in [2.05, 4.69) is 33.2 Å². The first-order chi connectivity index (χ1) is 9.54. The first-order valence-corrected chi connectivity index (χ1v) is 7.52. The van der Waals surface area contributed by atoms with Gasteiger partial charge in [-0.05, 0) is 71.8 Å². The number of rotatable bonds is 3. The average Bonchev–Trinajstić information content (AvgIpc) is 2.39. The second-order valence-corrected chi connectivity index (χ2v) is 5.99. The van der Waals surface area contributed by atoms with E-state index >= 15 is 0 Å². The van der Waals surface area contributed by atoms with E-state index in [1.54, 1.807) is 0 Å². The van der Waals surface area contributed by atoms with Gasteiger partial charge in [0.05, 0.1) is 6.04 Å². The van der Waals surface area contributed by atoms with E-state index < -0.39 is 0 Å². The lowest BCUT2D eigenvalue weighted by Gasteiger charge is -2.15. The Morgan fingerprint density at radius 3 is 2.50 bits per heavy atom. The first-order valence-electron chi connectivity index (χ1n) is 6.44. The van der Waals surface area contributed by atoms with Crippen molar-refractivity contribution in [3.63, 3.8) is 0 Å². The van der Waals surface area contributed by atoms with E-state index in [1.807, 2.05) is 62.4 Å². The van der Waals surface area contributed by atoms with Crippen molar-refractivity contribution in [2.75, 3.05) is 5.32 Å². The van der Waals surface area contributed by atoms with Crippen molar-refractivity contribution in [1.82, 2.24) is 5.32 Å². The summed E-state index contributed by atoms with van der Waals surface area (Å²) in [4.78, 5) is 12.0. The maximum absolute atomic E-state index is 12.0. The molecule has 0 aliphatic carbocycles. The molecule has 0 fully saturated rings. The van der Waals surface area contributed by atoms with Crippen molar-refractivity contribution < 1.29 is 4.79 Å². The molecule has 4 heteroatoms. The van der Waals surface area contributed by atoms with E-state index in [0.717, 1.165) is 16.8 Å². The largest absolute Gasteiger partial charge is 0.331 e. The average molecular weight is 380 g/mol. The predicted molar refractivity (Wildman–Crippen MR) is 90.9 cm³/mol. The fourth-order valence-corrected chi connectivity index (χ4v) is 2.28. The second kappa shape index (κ2) is 6.74. The van der Waals surface area contributed by atoms with Crippen LogP contribution in [0.4, 0.5) is 10.5 Å². The molecule has 104 valence electrons. The lowest BCUT2D eigenvalue weighted by atomic mass is 10.1. The van der Waals surface area contributed by atoms with Crippen LogP contribution in [0.2, 0.25) is 0 Å². The molecule has 2 aromatic rings. The summed E-state index contributed by atoms with van der Waals surface area (Å²) < 4.78 is 1.18. The summed E-state index contributed by atoms with van der Waals surface area (Å²) in [6.45, 7) is 3.97. The maximum Gasteiger partial charge on any atom is 0.319 e. The van der Waals surface area contributed by atoms with Crippen LogP contribution in [0.15, 0.2) is 48.5 Å². The van der Waals surface area contributed by atoms with Crippen LogP contribution < -0.4 is 10.6 Å². The minimum Gasteiger partial charge on any atom is -0.331 e. The van der Waals surface area contributed by atoms with Gasteiger partial charge in [0.1, 0.15) is 0 Å². The van der Waals surface area contributed by atoms with Gasteiger partial charge in [-0.1, -0.05) is 24.3 Å². The molecule has 3 nitrogen and oxygen atoms in total. The molecule has 0 aliphatic heterocycles. The number of hydrogen-bond donors (Lipinski definition) is 2. The van der Waals surface area contributed by atoms with Gasteiger partial charge in [0, 0.05) is 9.26 Å². The third-order valence-corrected chi connectivity index (χ3v) is 3.71. The second-order valence-electron chi connectivity index (χ2n) is 4.74. The molecule has 2 amide bonds. The summed E-state index contributed by atoms with van der Waals surface area (Å²) in [7, 11) is 0. The number of halogens is 1. The summed E-state index contributed by atoms with van der Waals surface area (Å²) >= 11 is 2.26. The zero-order valence-corrected chi connectivity index (χ0v) is 13.6. The maximum atomic E-state index is 12.0. The number of aryl methyl sites for hydroxylation is 1. The highest BCUT2D eigenvalue weighted by molar-refractivity contribution is 14.1. The van der Waals surface area contributed by atoms with E-state index in [4.69, 9.17) is 0 Å². The molecule has 2 rings (SSSR count). The zero-order chi connectivity index (χ0) is 14.5. The molecule has 1 atom stereocenters. The van der Waals surface area contributed by atoms with Crippen LogP contribution in [0, 0.1) is 10.5 Å². The van der Waals surface area contributed by atoms with Gasteiger partial charge in [0.25, 0.3) is 0 Å². The Morgan fingerprint density at radius 1 is 1.15 bits per heavy atom. The van der Waals surface area contributed by atoms with Gasteiger partial charge in [-0.15, -0.1) is 0 Å². The standard InChI is InChI=1S/C16H17IN2O/c1-11-4-3-5-15(10-11)19-16(20)18-12(2)13-6-8-14(17)9-7-13/h3-10,12H,1-2H3,(H2,18,19,20)/t12-/m1/s1.